The maximum absolute atomic E-state index is 15.4. The number of alkyl halides is 2. The highest BCUT2D eigenvalue weighted by Crippen LogP contribution is 2.53. The molecule has 1 aromatic heterocycles. The molecular weight excluding hydrogens is 807 g/mol. The van der Waals surface area contributed by atoms with Gasteiger partial charge in [0.1, 0.15) is 17.4 Å². The normalized spacial score (nSPS) is 20.2. The minimum atomic E-state index is -4.19. The molecule has 1 unspecified atom stereocenters. The highest BCUT2D eigenvalue weighted by Gasteiger charge is 2.67. The summed E-state index contributed by atoms with van der Waals surface area (Å²) in [6.45, 7) is 2.04. The summed E-state index contributed by atoms with van der Waals surface area (Å²) in [6, 6.07) is 9.09. The van der Waals surface area contributed by atoms with E-state index in [1.165, 1.54) is 12.1 Å². The third-order valence-electron chi connectivity index (χ3n) is 9.36. The summed E-state index contributed by atoms with van der Waals surface area (Å²) in [5.74, 6) is -4.10. The fourth-order valence-corrected chi connectivity index (χ4v) is 7.71. The maximum atomic E-state index is 15.4. The maximum Gasteiger partial charge on any atom is 0.379 e. The number of ether oxygens (including phenoxy) is 1. The third-order valence-corrected chi connectivity index (χ3v) is 11.2. The quantitative estimate of drug-likeness (QED) is 0.0261. The summed E-state index contributed by atoms with van der Waals surface area (Å²) in [5.41, 5.74) is 10.7. The minimum absolute atomic E-state index is 0.162. The molecule has 61 heavy (non-hydrogen) atoms. The van der Waals surface area contributed by atoms with Gasteiger partial charge in [0.15, 0.2) is 6.10 Å². The van der Waals surface area contributed by atoms with Crippen molar-refractivity contribution in [1.29, 1.82) is 0 Å². The Morgan fingerprint density at radius 2 is 1.54 bits per heavy atom. The van der Waals surface area contributed by atoms with Gasteiger partial charge in [-0.15, -0.1) is 0 Å². The van der Waals surface area contributed by atoms with E-state index < -0.39 is 43.9 Å². The van der Waals surface area contributed by atoms with Crippen LogP contribution < -0.4 is 15.9 Å². The van der Waals surface area contributed by atoms with Crippen LogP contribution in [-0.2, 0) is 18.6 Å². The first kappa shape index (κ1) is 50.4. The van der Waals surface area contributed by atoms with Gasteiger partial charge in [-0.1, -0.05) is 103 Å². The lowest BCUT2D eigenvalue weighted by Crippen LogP contribution is -2.48. The van der Waals surface area contributed by atoms with Crippen molar-refractivity contribution in [2.24, 2.45) is 5.11 Å². The lowest BCUT2D eigenvalue weighted by molar-refractivity contribution is -0.144. The molecule has 1 aromatic carbocycles. The summed E-state index contributed by atoms with van der Waals surface area (Å²) in [5, 5.41) is 14.0. The van der Waals surface area contributed by atoms with Crippen molar-refractivity contribution in [3.63, 3.8) is 0 Å². The lowest BCUT2D eigenvalue weighted by atomic mass is 10.1. The zero-order valence-electron chi connectivity index (χ0n) is 35.1. The van der Waals surface area contributed by atoms with Crippen LogP contribution >= 0.6 is 7.60 Å². The Hall–Kier alpha value is -4.95. The van der Waals surface area contributed by atoms with Gasteiger partial charge in [-0.05, 0) is 102 Å². The van der Waals surface area contributed by atoms with Crippen LogP contribution in [0.4, 0.5) is 14.6 Å². The average Bonchev–Trinajstić information content (AvgIpc) is 3.42. The molecule has 0 spiro atoms. The number of Topliss-reactive ketones (excluding diaryl/α,β-unsaturated/α-hetero) is 1. The van der Waals surface area contributed by atoms with Crippen LogP contribution in [0.1, 0.15) is 83.8 Å². The average molecular weight is 868 g/mol. The minimum Gasteiger partial charge on any atom is -0.424 e. The number of nitrogens with zero attached hydrogens (tertiary/aromatic N) is 6. The van der Waals surface area contributed by atoms with Crippen LogP contribution in [0, 0.1) is 0 Å². The summed E-state index contributed by atoms with van der Waals surface area (Å²) in [4.78, 5) is 32.8. The molecule has 1 fully saturated rings. The fourth-order valence-electron chi connectivity index (χ4n) is 6.08. The van der Waals surface area contributed by atoms with Gasteiger partial charge < -0.3 is 25.0 Å². The van der Waals surface area contributed by atoms with Crippen LogP contribution in [-0.4, -0.2) is 76.0 Å². The summed E-state index contributed by atoms with van der Waals surface area (Å²) in [6.07, 6.45) is 29.2. The molecule has 0 aliphatic carbocycles. The molecule has 3 rings (SSSR count). The standard InChI is InChI=1S/C44H60F2N7O7P/c1-3-4-5-6-7-8-9-10-11-12-13-14-15-16-17-18-19-20-22-27-37(54)28-25-32-52(2)33-26-35-61(57,60-38-29-23-21-24-30-38)58-36-43(50-51-48)40(55)44(45,46)41(59-43)53-34-31-39(47)49-42(53)56/h4-5,7-8,10-11,13-14,16-17,19-21,23-24,29-31,34,40-41,55H,3,6,9,12,15,18,22,25-28,32-33,35-36H2,1-2H3,(H2,47,49,56)/b5-4-,8-7-,11-10-,14-13-,17-16-,20-19-/t40-,41-,43-,61?/m1/s1. The molecule has 17 heteroatoms. The molecule has 332 valence electrons. The lowest BCUT2D eigenvalue weighted by Gasteiger charge is -2.29. The number of carbonyl (C=O) groups excluding carboxylic acids is 1. The van der Waals surface area contributed by atoms with Crippen molar-refractivity contribution in [2.45, 2.75) is 102 Å². The van der Waals surface area contributed by atoms with E-state index in [9.17, 15) is 24.8 Å². The number of allylic oxidation sites excluding steroid dienone is 12. The zero-order chi connectivity index (χ0) is 44.4. The Labute approximate surface area is 357 Å². The smallest absolute Gasteiger partial charge is 0.379 e. The van der Waals surface area contributed by atoms with Crippen LogP contribution in [0.2, 0.25) is 0 Å². The van der Waals surface area contributed by atoms with Gasteiger partial charge in [0.2, 0.25) is 12.0 Å². The van der Waals surface area contributed by atoms with Crippen molar-refractivity contribution in [1.82, 2.24) is 14.5 Å². The highest BCUT2D eigenvalue weighted by molar-refractivity contribution is 7.54. The van der Waals surface area contributed by atoms with Gasteiger partial charge in [0.25, 0.3) is 0 Å². The first-order chi connectivity index (χ1) is 29.4. The number of halogens is 2. The fraction of sp³-hybridized carbons (Fsp3) is 0.477. The van der Waals surface area contributed by atoms with Crippen LogP contribution in [0.3, 0.4) is 0 Å². The van der Waals surface area contributed by atoms with Crippen molar-refractivity contribution < 1.29 is 37.0 Å². The monoisotopic (exact) mass is 867 g/mol. The second kappa shape index (κ2) is 27.1. The molecule has 0 saturated carbocycles. The molecule has 1 saturated heterocycles. The van der Waals surface area contributed by atoms with Gasteiger partial charge in [-0.2, -0.15) is 13.8 Å². The van der Waals surface area contributed by atoms with E-state index in [2.05, 4.69) is 88.8 Å². The Morgan fingerprint density at radius 1 is 0.967 bits per heavy atom. The number of anilines is 1. The van der Waals surface area contributed by atoms with Gasteiger partial charge in [-0.25, -0.2) is 9.36 Å². The molecule has 14 nitrogen and oxygen atoms in total. The van der Waals surface area contributed by atoms with E-state index >= 15 is 8.78 Å². The molecule has 0 amide bonds. The Bertz CT molecular complexity index is 1980. The Morgan fingerprint density at radius 3 is 2.11 bits per heavy atom. The molecule has 4 atom stereocenters. The third kappa shape index (κ3) is 17.9. The summed E-state index contributed by atoms with van der Waals surface area (Å²) >= 11 is 0. The van der Waals surface area contributed by atoms with Crippen LogP contribution in [0.25, 0.3) is 10.4 Å². The predicted octanol–water partition coefficient (Wildman–Crippen LogP) is 9.79. The summed E-state index contributed by atoms with van der Waals surface area (Å²) in [7, 11) is -2.34. The molecule has 2 heterocycles. The number of aliphatic hydroxyl groups excluding tert-OH is 1. The number of para-hydroxylation sites is 1. The largest absolute Gasteiger partial charge is 0.424 e. The van der Waals surface area contributed by atoms with E-state index in [0.717, 1.165) is 50.8 Å². The first-order valence-corrected chi connectivity index (χ1v) is 22.3. The molecule has 2 aromatic rings. The van der Waals surface area contributed by atoms with Gasteiger partial charge in [0.05, 0.1) is 12.8 Å². The second-order valence-electron chi connectivity index (χ2n) is 14.4. The second-order valence-corrected chi connectivity index (χ2v) is 16.5. The van der Waals surface area contributed by atoms with Gasteiger partial charge in [0, 0.05) is 24.0 Å². The molecule has 0 radical (unpaired) electrons. The number of aromatic nitrogens is 2. The van der Waals surface area contributed by atoms with E-state index in [1.807, 2.05) is 18.0 Å². The number of rotatable bonds is 29. The highest BCUT2D eigenvalue weighted by atomic mass is 31.2. The number of aliphatic hydroxyl groups is 1. The Kier molecular flexibility index (Phi) is 22.4. The predicted molar refractivity (Wildman–Crippen MR) is 235 cm³/mol. The SMILES string of the molecule is CC/C=C\C/C=C\C/C=C\C/C=C\C/C=C\C/C=C\CCC(=O)CCCN(C)CCCP(=O)(OC[C@@]1(N=[N+]=[N-])O[C@@H](n2ccc(N)nc2=O)C(F)(F)[C@@H]1O)Oc1ccccc1. The number of azide groups is 1. The molecule has 0 bridgehead atoms. The van der Waals surface area contributed by atoms with E-state index in [-0.39, 0.29) is 29.9 Å². The van der Waals surface area contributed by atoms with E-state index in [0.29, 0.717) is 43.3 Å². The summed E-state index contributed by atoms with van der Waals surface area (Å²) < 4.78 is 62.1. The van der Waals surface area contributed by atoms with Crippen molar-refractivity contribution in [3.8, 4) is 5.75 Å². The van der Waals surface area contributed by atoms with Crippen molar-refractivity contribution in [2.75, 3.05) is 38.6 Å². The van der Waals surface area contributed by atoms with Crippen LogP contribution in [0.15, 0.2) is 125 Å². The van der Waals surface area contributed by atoms with Crippen molar-refractivity contribution in [3.05, 3.63) is 136 Å². The van der Waals surface area contributed by atoms with E-state index in [4.69, 9.17) is 19.5 Å². The number of ketones is 1. The van der Waals surface area contributed by atoms with Gasteiger partial charge >= 0.3 is 19.2 Å². The molecule has 1 aliphatic heterocycles. The number of nitrogens with two attached hydrogens (primary N) is 1. The molecule has 3 N–H and O–H groups in total. The first-order valence-electron chi connectivity index (χ1n) is 20.6. The molecule has 1 aliphatic rings. The topological polar surface area (TPSA) is 195 Å². The number of hydrogen-bond acceptors (Lipinski definition) is 11. The molecular formula is C44H60F2N7O7P. The van der Waals surface area contributed by atoms with Crippen LogP contribution in [0.5, 0.6) is 5.75 Å². The number of benzene rings is 1. The number of carbonyl (C=O) groups is 1. The Balaban J connectivity index is 1.40. The van der Waals surface area contributed by atoms with E-state index in [1.54, 1.807) is 18.2 Å². The van der Waals surface area contributed by atoms with Gasteiger partial charge in [-0.3, -0.25) is 13.9 Å². The number of nitrogen functional groups attached to an aromatic ring is 1. The number of hydrogen-bond donors (Lipinski definition) is 2. The van der Waals surface area contributed by atoms with Crippen molar-refractivity contribution >= 4 is 19.2 Å². The zero-order valence-corrected chi connectivity index (χ0v) is 36.0.